The van der Waals surface area contributed by atoms with Crippen molar-refractivity contribution in [3.05, 3.63) is 41.1 Å². The summed E-state index contributed by atoms with van der Waals surface area (Å²) in [5.74, 6) is 0.660. The van der Waals surface area contributed by atoms with Gasteiger partial charge in [0.1, 0.15) is 5.03 Å². The molecule has 4 heteroatoms. The molecule has 1 heterocycles. The molecule has 3 nitrogen and oxygen atoms in total. The van der Waals surface area contributed by atoms with Gasteiger partial charge in [-0.1, -0.05) is 29.5 Å². The standard InChI is InChI=1S/C14H17N3S/c1-9-5-6-12(10(2)7-9)18-13-11(3)8-16-14(15-4)17-13/h5-8H,1-4H3,(H,15,16,17). The molecule has 0 bridgehead atoms. The molecule has 94 valence electrons. The maximum Gasteiger partial charge on any atom is 0.223 e. The van der Waals surface area contributed by atoms with Crippen LogP contribution in [0.3, 0.4) is 0 Å². The van der Waals surface area contributed by atoms with Gasteiger partial charge in [0.05, 0.1) is 0 Å². The number of aromatic nitrogens is 2. The highest BCUT2D eigenvalue weighted by atomic mass is 32.2. The summed E-state index contributed by atoms with van der Waals surface area (Å²) in [4.78, 5) is 9.93. The highest BCUT2D eigenvalue weighted by Crippen LogP contribution is 2.31. The molecular formula is C14H17N3S. The lowest BCUT2D eigenvalue weighted by molar-refractivity contribution is 1.00. The Morgan fingerprint density at radius 2 is 1.89 bits per heavy atom. The summed E-state index contributed by atoms with van der Waals surface area (Å²) < 4.78 is 0. The molecule has 18 heavy (non-hydrogen) atoms. The smallest absolute Gasteiger partial charge is 0.223 e. The van der Waals surface area contributed by atoms with Crippen molar-refractivity contribution in [1.82, 2.24) is 9.97 Å². The van der Waals surface area contributed by atoms with E-state index in [4.69, 9.17) is 0 Å². The Labute approximate surface area is 112 Å². The van der Waals surface area contributed by atoms with E-state index in [1.54, 1.807) is 11.8 Å². The van der Waals surface area contributed by atoms with Gasteiger partial charge in [-0.3, -0.25) is 0 Å². The summed E-state index contributed by atoms with van der Waals surface area (Å²) >= 11 is 1.69. The molecule has 1 aromatic heterocycles. The molecule has 1 aromatic carbocycles. The molecule has 2 aromatic rings. The predicted octanol–water partition coefficient (Wildman–Crippen LogP) is 3.59. The first kappa shape index (κ1) is 12.9. The van der Waals surface area contributed by atoms with E-state index in [9.17, 15) is 0 Å². The second kappa shape index (κ2) is 5.40. The molecule has 1 N–H and O–H groups in total. The largest absolute Gasteiger partial charge is 0.357 e. The maximum absolute atomic E-state index is 4.49. The number of aryl methyl sites for hydroxylation is 3. The lowest BCUT2D eigenvalue weighted by Crippen LogP contribution is -1.98. The van der Waals surface area contributed by atoms with Crippen LogP contribution in [0.1, 0.15) is 16.7 Å². The normalized spacial score (nSPS) is 10.4. The average molecular weight is 259 g/mol. The Kier molecular flexibility index (Phi) is 3.87. The lowest BCUT2D eigenvalue weighted by atomic mass is 10.2. The van der Waals surface area contributed by atoms with E-state index >= 15 is 0 Å². The molecule has 0 unspecified atom stereocenters. The zero-order valence-corrected chi connectivity index (χ0v) is 11.9. The van der Waals surface area contributed by atoms with Crippen molar-refractivity contribution >= 4 is 17.7 Å². The van der Waals surface area contributed by atoms with Gasteiger partial charge in [-0.25, -0.2) is 9.97 Å². The van der Waals surface area contributed by atoms with Gasteiger partial charge in [0.15, 0.2) is 0 Å². The van der Waals surface area contributed by atoms with Crippen LogP contribution >= 0.6 is 11.8 Å². The third kappa shape index (κ3) is 2.82. The van der Waals surface area contributed by atoms with E-state index in [1.807, 2.05) is 20.2 Å². The number of hydrogen-bond donors (Lipinski definition) is 1. The zero-order valence-electron chi connectivity index (χ0n) is 11.1. The highest BCUT2D eigenvalue weighted by Gasteiger charge is 2.07. The number of benzene rings is 1. The Hall–Kier alpha value is -1.55. The number of nitrogens with zero attached hydrogens (tertiary/aromatic N) is 2. The van der Waals surface area contributed by atoms with Crippen LogP contribution in [-0.4, -0.2) is 17.0 Å². The third-order valence-electron chi connectivity index (χ3n) is 2.69. The summed E-state index contributed by atoms with van der Waals surface area (Å²) in [5, 5.41) is 3.97. The SMILES string of the molecule is CNc1ncc(C)c(Sc2ccc(C)cc2C)n1. The summed E-state index contributed by atoms with van der Waals surface area (Å²) in [5.41, 5.74) is 3.66. The quantitative estimate of drug-likeness (QED) is 0.855. The van der Waals surface area contributed by atoms with Gasteiger partial charge in [-0.15, -0.1) is 0 Å². The summed E-state index contributed by atoms with van der Waals surface area (Å²) in [6.07, 6.45) is 1.85. The molecule has 0 amide bonds. The van der Waals surface area contributed by atoms with Crippen molar-refractivity contribution in [3.63, 3.8) is 0 Å². The molecule has 0 aliphatic heterocycles. The van der Waals surface area contributed by atoms with Crippen LogP contribution in [0, 0.1) is 20.8 Å². The molecular weight excluding hydrogens is 242 g/mol. The fraction of sp³-hybridized carbons (Fsp3) is 0.286. The first-order valence-electron chi connectivity index (χ1n) is 5.86. The first-order valence-corrected chi connectivity index (χ1v) is 6.68. The van der Waals surface area contributed by atoms with Crippen LogP contribution in [0.15, 0.2) is 34.3 Å². The summed E-state index contributed by atoms with van der Waals surface area (Å²) in [6, 6.07) is 6.47. The van der Waals surface area contributed by atoms with Crippen molar-refractivity contribution in [2.24, 2.45) is 0 Å². The van der Waals surface area contributed by atoms with Gasteiger partial charge in [-0.05, 0) is 32.4 Å². The Balaban J connectivity index is 2.33. The summed E-state index contributed by atoms with van der Waals surface area (Å²) in [7, 11) is 1.83. The minimum atomic E-state index is 0.660. The second-order valence-electron chi connectivity index (χ2n) is 4.30. The Morgan fingerprint density at radius 3 is 2.56 bits per heavy atom. The van der Waals surface area contributed by atoms with E-state index in [1.165, 1.54) is 16.0 Å². The lowest BCUT2D eigenvalue weighted by Gasteiger charge is -2.09. The van der Waals surface area contributed by atoms with Gasteiger partial charge < -0.3 is 5.32 Å². The van der Waals surface area contributed by atoms with E-state index in [0.717, 1.165) is 10.6 Å². The second-order valence-corrected chi connectivity index (χ2v) is 5.33. The monoisotopic (exact) mass is 259 g/mol. The van der Waals surface area contributed by atoms with Gasteiger partial charge in [-0.2, -0.15) is 0 Å². The number of rotatable bonds is 3. The molecule has 0 radical (unpaired) electrons. The average Bonchev–Trinajstić information content (AvgIpc) is 2.35. The third-order valence-corrected chi connectivity index (χ3v) is 3.97. The molecule has 0 aliphatic rings. The van der Waals surface area contributed by atoms with E-state index in [2.05, 4.69) is 47.3 Å². The van der Waals surface area contributed by atoms with E-state index in [0.29, 0.717) is 5.95 Å². The fourth-order valence-electron chi connectivity index (χ4n) is 1.67. The molecule has 0 saturated carbocycles. The Bertz CT molecular complexity index is 567. The van der Waals surface area contributed by atoms with E-state index in [-0.39, 0.29) is 0 Å². The molecule has 0 fully saturated rings. The zero-order chi connectivity index (χ0) is 13.1. The topological polar surface area (TPSA) is 37.8 Å². The highest BCUT2D eigenvalue weighted by molar-refractivity contribution is 7.99. The van der Waals surface area contributed by atoms with Crippen molar-refractivity contribution in [2.75, 3.05) is 12.4 Å². The van der Waals surface area contributed by atoms with Crippen molar-refractivity contribution in [2.45, 2.75) is 30.7 Å². The Morgan fingerprint density at radius 1 is 1.11 bits per heavy atom. The van der Waals surface area contributed by atoms with Gasteiger partial charge in [0, 0.05) is 23.7 Å². The summed E-state index contributed by atoms with van der Waals surface area (Å²) in [6.45, 7) is 6.27. The van der Waals surface area contributed by atoms with Gasteiger partial charge in [0.25, 0.3) is 0 Å². The molecule has 2 rings (SSSR count). The number of nitrogens with one attached hydrogen (secondary N) is 1. The van der Waals surface area contributed by atoms with Crippen LogP contribution in [-0.2, 0) is 0 Å². The maximum atomic E-state index is 4.49. The molecule has 0 saturated heterocycles. The van der Waals surface area contributed by atoms with Crippen LogP contribution in [0.2, 0.25) is 0 Å². The van der Waals surface area contributed by atoms with Crippen LogP contribution < -0.4 is 5.32 Å². The van der Waals surface area contributed by atoms with Crippen LogP contribution in [0.5, 0.6) is 0 Å². The van der Waals surface area contributed by atoms with Gasteiger partial charge in [0.2, 0.25) is 5.95 Å². The minimum absolute atomic E-state index is 0.660. The van der Waals surface area contributed by atoms with Crippen molar-refractivity contribution < 1.29 is 0 Å². The predicted molar refractivity (Wildman–Crippen MR) is 76.4 cm³/mol. The van der Waals surface area contributed by atoms with Crippen LogP contribution in [0.4, 0.5) is 5.95 Å². The van der Waals surface area contributed by atoms with Crippen molar-refractivity contribution in [3.8, 4) is 0 Å². The molecule has 0 aliphatic carbocycles. The van der Waals surface area contributed by atoms with Gasteiger partial charge >= 0.3 is 0 Å². The molecule has 0 spiro atoms. The molecule has 0 atom stereocenters. The van der Waals surface area contributed by atoms with E-state index < -0.39 is 0 Å². The van der Waals surface area contributed by atoms with Crippen molar-refractivity contribution in [1.29, 1.82) is 0 Å². The minimum Gasteiger partial charge on any atom is -0.357 e. The van der Waals surface area contributed by atoms with Crippen LogP contribution in [0.25, 0.3) is 0 Å². The first-order chi connectivity index (χ1) is 8.60. The number of hydrogen-bond acceptors (Lipinski definition) is 4. The number of anilines is 1. The fourth-order valence-corrected chi connectivity index (χ4v) is 2.58.